The highest BCUT2D eigenvalue weighted by Gasteiger charge is 2.17. The fourth-order valence-electron chi connectivity index (χ4n) is 1.25. The van der Waals surface area contributed by atoms with Gasteiger partial charge in [-0.3, -0.25) is 9.78 Å². The quantitative estimate of drug-likeness (QED) is 0.748. The maximum atomic E-state index is 11.2. The number of aromatic nitrogens is 2. The van der Waals surface area contributed by atoms with Crippen LogP contribution < -0.4 is 5.73 Å². The Hall–Kier alpha value is -2.17. The van der Waals surface area contributed by atoms with Crippen LogP contribution in [0.4, 0.5) is 6.01 Å². The number of anilines is 1. The normalized spacial score (nSPS) is 10.2. The Morgan fingerprint density at radius 2 is 2.27 bits per heavy atom. The summed E-state index contributed by atoms with van der Waals surface area (Å²) in [7, 11) is 0. The molecule has 0 atom stereocenters. The summed E-state index contributed by atoms with van der Waals surface area (Å²) in [4.78, 5) is 19.1. The Kier molecular flexibility index (Phi) is 2.21. The van der Waals surface area contributed by atoms with E-state index in [-0.39, 0.29) is 17.5 Å². The predicted octanol–water partition coefficient (Wildman–Crippen LogP) is 1.52. The van der Waals surface area contributed by atoms with Gasteiger partial charge in [-0.15, -0.1) is 0 Å². The van der Waals surface area contributed by atoms with E-state index in [1.807, 2.05) is 0 Å². The smallest absolute Gasteiger partial charge is 0.293 e. The van der Waals surface area contributed by atoms with Crippen LogP contribution in [0, 0.1) is 0 Å². The van der Waals surface area contributed by atoms with Gasteiger partial charge in [0.25, 0.3) is 6.01 Å². The number of ketones is 1. The van der Waals surface area contributed by atoms with Crippen molar-refractivity contribution in [3.8, 4) is 11.5 Å². The van der Waals surface area contributed by atoms with Gasteiger partial charge in [0.05, 0.1) is 0 Å². The third-order valence-corrected chi connectivity index (χ3v) is 1.87. The Morgan fingerprint density at radius 3 is 2.87 bits per heavy atom. The molecule has 0 aliphatic carbocycles. The van der Waals surface area contributed by atoms with Crippen molar-refractivity contribution in [2.45, 2.75) is 6.92 Å². The number of oxazole rings is 1. The van der Waals surface area contributed by atoms with Crippen LogP contribution in [0.5, 0.6) is 0 Å². The van der Waals surface area contributed by atoms with Crippen LogP contribution in [0.1, 0.15) is 17.4 Å². The first kappa shape index (κ1) is 9.39. The summed E-state index contributed by atoms with van der Waals surface area (Å²) in [5.41, 5.74) is 6.16. The first-order valence-electron chi connectivity index (χ1n) is 4.37. The topological polar surface area (TPSA) is 82.0 Å². The Bertz CT molecular complexity index is 491. The molecular formula is C10H9N3O2. The molecule has 0 spiro atoms. The lowest BCUT2D eigenvalue weighted by Crippen LogP contribution is -1.96. The largest absolute Gasteiger partial charge is 0.421 e. The van der Waals surface area contributed by atoms with Gasteiger partial charge in [0, 0.05) is 13.1 Å². The zero-order valence-electron chi connectivity index (χ0n) is 8.10. The van der Waals surface area contributed by atoms with Gasteiger partial charge in [-0.2, -0.15) is 4.98 Å². The van der Waals surface area contributed by atoms with Crippen LogP contribution in [0.25, 0.3) is 11.5 Å². The second-order valence-corrected chi connectivity index (χ2v) is 3.00. The monoisotopic (exact) mass is 203 g/mol. The summed E-state index contributed by atoms with van der Waals surface area (Å²) >= 11 is 0. The van der Waals surface area contributed by atoms with Gasteiger partial charge >= 0.3 is 0 Å². The lowest BCUT2D eigenvalue weighted by atomic mass is 10.2. The molecule has 0 aliphatic heterocycles. The van der Waals surface area contributed by atoms with Crippen LogP contribution in [-0.2, 0) is 0 Å². The van der Waals surface area contributed by atoms with Crippen LogP contribution in [-0.4, -0.2) is 15.8 Å². The molecule has 76 valence electrons. The first-order valence-corrected chi connectivity index (χ1v) is 4.37. The van der Waals surface area contributed by atoms with Crippen molar-refractivity contribution in [2.75, 3.05) is 5.73 Å². The summed E-state index contributed by atoms with van der Waals surface area (Å²) < 4.78 is 5.15. The van der Waals surface area contributed by atoms with Crippen molar-refractivity contribution in [1.29, 1.82) is 0 Å². The van der Waals surface area contributed by atoms with E-state index in [0.29, 0.717) is 11.5 Å². The van der Waals surface area contributed by atoms with E-state index in [0.717, 1.165) is 0 Å². The van der Waals surface area contributed by atoms with Crippen LogP contribution >= 0.6 is 0 Å². The van der Waals surface area contributed by atoms with Crippen LogP contribution in [0.15, 0.2) is 28.8 Å². The van der Waals surface area contributed by atoms with Crippen LogP contribution in [0.2, 0.25) is 0 Å². The number of pyridine rings is 1. The standard InChI is InChI=1S/C10H9N3O2/c1-6(14)8-9(15-10(11)13-8)7-4-2-3-5-12-7/h2-5H,1H3,(H2,11,13). The third-order valence-electron chi connectivity index (χ3n) is 1.87. The van der Waals surface area contributed by atoms with Crippen molar-refractivity contribution in [2.24, 2.45) is 0 Å². The molecule has 5 nitrogen and oxygen atoms in total. The van der Waals surface area contributed by atoms with E-state index in [9.17, 15) is 4.79 Å². The molecule has 5 heteroatoms. The van der Waals surface area contributed by atoms with E-state index in [1.165, 1.54) is 6.92 Å². The van der Waals surface area contributed by atoms with E-state index < -0.39 is 0 Å². The minimum absolute atomic E-state index is 0.0270. The van der Waals surface area contributed by atoms with E-state index in [2.05, 4.69) is 9.97 Å². The molecule has 15 heavy (non-hydrogen) atoms. The van der Waals surface area contributed by atoms with Gasteiger partial charge in [-0.25, -0.2) is 0 Å². The molecule has 0 aliphatic rings. The van der Waals surface area contributed by atoms with Crippen molar-refractivity contribution in [3.05, 3.63) is 30.1 Å². The Labute approximate surface area is 86.0 Å². The number of hydrogen-bond donors (Lipinski definition) is 1. The number of nitrogens with zero attached hydrogens (tertiary/aromatic N) is 2. The fraction of sp³-hybridized carbons (Fsp3) is 0.100. The number of nitrogen functional groups attached to an aromatic ring is 1. The molecule has 0 saturated heterocycles. The SMILES string of the molecule is CC(=O)c1nc(N)oc1-c1ccccn1. The van der Waals surface area contributed by atoms with Crippen LogP contribution in [0.3, 0.4) is 0 Å². The molecule has 0 aromatic carbocycles. The molecule has 2 aromatic heterocycles. The number of nitrogens with two attached hydrogens (primary N) is 1. The van der Waals surface area contributed by atoms with Gasteiger partial charge in [0.2, 0.25) is 0 Å². The van der Waals surface area contributed by atoms with E-state index >= 15 is 0 Å². The second-order valence-electron chi connectivity index (χ2n) is 3.00. The molecule has 2 heterocycles. The van der Waals surface area contributed by atoms with Gasteiger partial charge in [0.15, 0.2) is 17.2 Å². The first-order chi connectivity index (χ1) is 7.18. The lowest BCUT2D eigenvalue weighted by Gasteiger charge is -1.95. The average molecular weight is 203 g/mol. The number of rotatable bonds is 2. The van der Waals surface area contributed by atoms with Crippen molar-refractivity contribution in [1.82, 2.24) is 9.97 Å². The van der Waals surface area contributed by atoms with Gasteiger partial charge < -0.3 is 10.2 Å². The average Bonchev–Trinajstić information content (AvgIpc) is 2.62. The molecule has 0 saturated carbocycles. The Balaban J connectivity index is 2.58. The van der Waals surface area contributed by atoms with E-state index in [4.69, 9.17) is 10.2 Å². The predicted molar refractivity (Wildman–Crippen MR) is 54.2 cm³/mol. The maximum Gasteiger partial charge on any atom is 0.293 e. The maximum absolute atomic E-state index is 11.2. The third kappa shape index (κ3) is 1.71. The molecular weight excluding hydrogens is 194 g/mol. The summed E-state index contributed by atoms with van der Waals surface area (Å²) in [5.74, 6) is 0.122. The lowest BCUT2D eigenvalue weighted by molar-refractivity contribution is 0.101. The highest BCUT2D eigenvalue weighted by atomic mass is 16.4. The zero-order chi connectivity index (χ0) is 10.8. The van der Waals surface area contributed by atoms with Gasteiger partial charge in [-0.05, 0) is 12.1 Å². The van der Waals surface area contributed by atoms with Crippen molar-refractivity contribution >= 4 is 11.8 Å². The molecule has 0 bridgehead atoms. The fourth-order valence-corrected chi connectivity index (χ4v) is 1.25. The Morgan fingerprint density at radius 1 is 1.47 bits per heavy atom. The molecule has 0 unspecified atom stereocenters. The van der Waals surface area contributed by atoms with Gasteiger partial charge in [0.1, 0.15) is 5.69 Å². The summed E-state index contributed by atoms with van der Waals surface area (Å²) in [6.45, 7) is 1.41. The minimum atomic E-state index is -0.198. The molecule has 2 rings (SSSR count). The van der Waals surface area contributed by atoms with E-state index in [1.54, 1.807) is 24.4 Å². The van der Waals surface area contributed by atoms with Gasteiger partial charge in [-0.1, -0.05) is 6.07 Å². The molecule has 2 aromatic rings. The number of carbonyl (C=O) groups is 1. The minimum Gasteiger partial charge on any atom is -0.421 e. The number of hydrogen-bond acceptors (Lipinski definition) is 5. The second kappa shape index (κ2) is 3.53. The molecule has 0 fully saturated rings. The summed E-state index contributed by atoms with van der Waals surface area (Å²) in [5, 5.41) is 0. The highest BCUT2D eigenvalue weighted by Crippen LogP contribution is 2.24. The molecule has 0 radical (unpaired) electrons. The van der Waals surface area contributed by atoms with Crippen molar-refractivity contribution in [3.63, 3.8) is 0 Å². The molecule has 0 amide bonds. The number of carbonyl (C=O) groups excluding carboxylic acids is 1. The van der Waals surface area contributed by atoms with Crippen molar-refractivity contribution < 1.29 is 9.21 Å². The highest BCUT2D eigenvalue weighted by molar-refractivity contribution is 5.97. The zero-order valence-corrected chi connectivity index (χ0v) is 8.10. The number of Topliss-reactive ketones (excluding diaryl/α,β-unsaturated/α-hetero) is 1. The summed E-state index contributed by atoms with van der Waals surface area (Å²) in [6, 6.07) is 5.27. The molecule has 2 N–H and O–H groups in total. The summed E-state index contributed by atoms with van der Waals surface area (Å²) in [6.07, 6.45) is 1.61.